The summed E-state index contributed by atoms with van der Waals surface area (Å²) in [4.78, 5) is 15.3. The molecule has 2 aromatic heterocycles. The van der Waals surface area contributed by atoms with Gasteiger partial charge in [-0.25, -0.2) is 0 Å². The van der Waals surface area contributed by atoms with Gasteiger partial charge in [0.2, 0.25) is 5.95 Å². The Morgan fingerprint density at radius 2 is 1.71 bits per heavy atom. The average Bonchev–Trinajstić information content (AvgIpc) is 3.34. The van der Waals surface area contributed by atoms with Gasteiger partial charge >= 0.3 is 6.01 Å². The Hall–Kier alpha value is -3.03. The van der Waals surface area contributed by atoms with Crippen LogP contribution in [0.3, 0.4) is 0 Å². The molecule has 1 aliphatic heterocycles. The molecule has 1 aromatic carbocycles. The molecule has 8 heteroatoms. The second kappa shape index (κ2) is 6.23. The van der Waals surface area contributed by atoms with Crippen molar-refractivity contribution in [1.82, 2.24) is 29.9 Å². The van der Waals surface area contributed by atoms with Gasteiger partial charge in [0.1, 0.15) is 5.69 Å². The molecule has 3 heterocycles. The number of nitrogens with zero attached hydrogens (tertiary/aromatic N) is 7. The van der Waals surface area contributed by atoms with Crippen molar-refractivity contribution >= 4 is 5.95 Å². The number of benzene rings is 1. The normalized spacial score (nSPS) is 14.1. The highest BCUT2D eigenvalue weighted by Crippen LogP contribution is 2.20. The molecule has 0 spiro atoms. The minimum Gasteiger partial charge on any atom is -0.467 e. The fourth-order valence-electron chi connectivity index (χ4n) is 2.69. The molecule has 24 heavy (non-hydrogen) atoms. The number of hydrogen-bond donors (Lipinski definition) is 0. The van der Waals surface area contributed by atoms with E-state index in [1.165, 1.54) is 0 Å². The molecule has 0 radical (unpaired) electrons. The third kappa shape index (κ3) is 2.78. The van der Waals surface area contributed by atoms with Crippen LogP contribution in [-0.4, -0.2) is 50.1 Å². The molecule has 0 saturated carbocycles. The van der Waals surface area contributed by atoms with Crippen molar-refractivity contribution in [3.8, 4) is 23.2 Å². The van der Waals surface area contributed by atoms with E-state index in [1.807, 2.05) is 30.3 Å². The second-order valence-electron chi connectivity index (χ2n) is 5.53. The highest BCUT2D eigenvalue weighted by atomic mass is 16.5. The molecule has 1 aliphatic rings. The van der Waals surface area contributed by atoms with E-state index in [1.54, 1.807) is 18.0 Å². The van der Waals surface area contributed by atoms with E-state index in [-0.39, 0.29) is 6.01 Å². The molecular formula is C16H17N7O. The summed E-state index contributed by atoms with van der Waals surface area (Å²) in [5.74, 6) is 1.02. The first-order valence-corrected chi connectivity index (χ1v) is 7.86. The molecule has 0 amide bonds. The molecular weight excluding hydrogens is 306 g/mol. The van der Waals surface area contributed by atoms with Gasteiger partial charge in [-0.2, -0.15) is 19.6 Å². The van der Waals surface area contributed by atoms with Gasteiger partial charge in [0, 0.05) is 18.7 Å². The number of anilines is 1. The first-order valence-electron chi connectivity index (χ1n) is 7.86. The van der Waals surface area contributed by atoms with Crippen LogP contribution in [0.4, 0.5) is 5.95 Å². The van der Waals surface area contributed by atoms with Crippen molar-refractivity contribution in [3.05, 3.63) is 36.5 Å². The fourth-order valence-corrected chi connectivity index (χ4v) is 2.69. The highest BCUT2D eigenvalue weighted by Gasteiger charge is 2.19. The van der Waals surface area contributed by atoms with Gasteiger partial charge in [0.05, 0.1) is 13.3 Å². The first kappa shape index (κ1) is 14.6. The van der Waals surface area contributed by atoms with E-state index in [0.717, 1.165) is 37.2 Å². The van der Waals surface area contributed by atoms with E-state index in [2.05, 4.69) is 30.2 Å². The third-order valence-electron chi connectivity index (χ3n) is 3.93. The Labute approximate surface area is 139 Å². The van der Waals surface area contributed by atoms with E-state index in [0.29, 0.717) is 11.9 Å². The van der Waals surface area contributed by atoms with Gasteiger partial charge in [-0.3, -0.25) is 0 Å². The summed E-state index contributed by atoms with van der Waals surface area (Å²) in [5.41, 5.74) is 1.75. The van der Waals surface area contributed by atoms with Crippen LogP contribution in [0, 0.1) is 0 Å². The minimum atomic E-state index is 0.277. The quantitative estimate of drug-likeness (QED) is 0.723. The molecule has 122 valence electrons. The molecule has 0 unspecified atom stereocenters. The summed E-state index contributed by atoms with van der Waals surface area (Å²) in [6.45, 7) is 1.89. The molecule has 0 atom stereocenters. The van der Waals surface area contributed by atoms with Gasteiger partial charge in [-0.15, -0.1) is 5.10 Å². The molecule has 0 N–H and O–H groups in total. The van der Waals surface area contributed by atoms with E-state index >= 15 is 0 Å². The van der Waals surface area contributed by atoms with Crippen LogP contribution in [0.5, 0.6) is 6.01 Å². The fraction of sp³-hybridized carbons (Fsp3) is 0.312. The minimum absolute atomic E-state index is 0.277. The molecule has 1 fully saturated rings. The van der Waals surface area contributed by atoms with Gasteiger partial charge < -0.3 is 9.64 Å². The standard InChI is InChI=1S/C16H17N7O/c1-24-16-18-14(22-9-5-6-10-22)17-15(19-16)23-11-13(20-21-23)12-7-3-2-4-8-12/h2-4,7-8,11H,5-6,9-10H2,1H3. The maximum absolute atomic E-state index is 5.22. The Morgan fingerprint density at radius 3 is 2.46 bits per heavy atom. The van der Waals surface area contributed by atoms with Gasteiger partial charge in [-0.1, -0.05) is 35.5 Å². The van der Waals surface area contributed by atoms with Crippen LogP contribution in [0.1, 0.15) is 12.8 Å². The lowest BCUT2D eigenvalue weighted by atomic mass is 10.2. The van der Waals surface area contributed by atoms with Crippen LogP contribution in [-0.2, 0) is 0 Å². The lowest BCUT2D eigenvalue weighted by molar-refractivity contribution is 0.376. The second-order valence-corrected chi connectivity index (χ2v) is 5.53. The third-order valence-corrected chi connectivity index (χ3v) is 3.93. The number of rotatable bonds is 4. The maximum atomic E-state index is 5.22. The summed E-state index contributed by atoms with van der Waals surface area (Å²) in [6, 6.07) is 10.1. The van der Waals surface area contributed by atoms with Crippen molar-refractivity contribution in [1.29, 1.82) is 0 Å². The van der Waals surface area contributed by atoms with Crippen LogP contribution in [0.25, 0.3) is 17.2 Å². The lowest BCUT2D eigenvalue weighted by Gasteiger charge is -2.15. The average molecular weight is 323 g/mol. The molecule has 1 saturated heterocycles. The Morgan fingerprint density at radius 1 is 0.958 bits per heavy atom. The number of hydrogen-bond acceptors (Lipinski definition) is 7. The number of ether oxygens (including phenoxy) is 1. The summed E-state index contributed by atoms with van der Waals surface area (Å²) in [7, 11) is 1.55. The number of methoxy groups -OCH3 is 1. The van der Waals surface area contributed by atoms with Gasteiger partial charge in [0.25, 0.3) is 5.95 Å². The van der Waals surface area contributed by atoms with Gasteiger partial charge in [0.15, 0.2) is 0 Å². The zero-order valence-corrected chi connectivity index (χ0v) is 13.3. The van der Waals surface area contributed by atoms with Crippen molar-refractivity contribution in [2.45, 2.75) is 12.8 Å². The van der Waals surface area contributed by atoms with Crippen molar-refractivity contribution in [2.24, 2.45) is 0 Å². The van der Waals surface area contributed by atoms with Crippen molar-refractivity contribution in [3.63, 3.8) is 0 Å². The highest BCUT2D eigenvalue weighted by molar-refractivity contribution is 5.57. The largest absolute Gasteiger partial charge is 0.467 e. The SMILES string of the molecule is COc1nc(N2CCCC2)nc(-n2cc(-c3ccccc3)nn2)n1. The Bertz CT molecular complexity index is 827. The van der Waals surface area contributed by atoms with Crippen LogP contribution in [0.15, 0.2) is 36.5 Å². The topological polar surface area (TPSA) is 81.9 Å². The first-order chi connectivity index (χ1) is 11.8. The number of aromatic nitrogens is 6. The van der Waals surface area contributed by atoms with Crippen LogP contribution < -0.4 is 9.64 Å². The zero-order chi connectivity index (χ0) is 16.4. The summed E-state index contributed by atoms with van der Waals surface area (Å²) < 4.78 is 6.77. The monoisotopic (exact) mass is 323 g/mol. The molecule has 0 bridgehead atoms. The summed E-state index contributed by atoms with van der Waals surface area (Å²) in [6.07, 6.45) is 4.09. The smallest absolute Gasteiger partial charge is 0.322 e. The van der Waals surface area contributed by atoms with Gasteiger partial charge in [-0.05, 0) is 12.8 Å². The van der Waals surface area contributed by atoms with E-state index < -0.39 is 0 Å². The predicted molar refractivity (Wildman–Crippen MR) is 88.2 cm³/mol. The maximum Gasteiger partial charge on any atom is 0.322 e. The zero-order valence-electron chi connectivity index (χ0n) is 13.3. The Kier molecular flexibility index (Phi) is 3.78. The van der Waals surface area contributed by atoms with Crippen molar-refractivity contribution in [2.75, 3.05) is 25.1 Å². The van der Waals surface area contributed by atoms with Crippen molar-refractivity contribution < 1.29 is 4.74 Å². The van der Waals surface area contributed by atoms with E-state index in [4.69, 9.17) is 4.74 Å². The molecule has 0 aliphatic carbocycles. The lowest BCUT2D eigenvalue weighted by Crippen LogP contribution is -2.22. The molecule has 3 aromatic rings. The van der Waals surface area contributed by atoms with E-state index in [9.17, 15) is 0 Å². The molecule has 8 nitrogen and oxygen atoms in total. The van der Waals surface area contributed by atoms with Crippen LogP contribution in [0.2, 0.25) is 0 Å². The predicted octanol–water partition coefficient (Wildman–Crippen LogP) is 1.73. The summed E-state index contributed by atoms with van der Waals surface area (Å²) >= 11 is 0. The molecule has 4 rings (SSSR count). The summed E-state index contributed by atoms with van der Waals surface area (Å²) in [5, 5.41) is 8.35. The van der Waals surface area contributed by atoms with Crippen LogP contribution >= 0.6 is 0 Å². The Balaban J connectivity index is 1.71.